The summed E-state index contributed by atoms with van der Waals surface area (Å²) in [6.07, 6.45) is 5.63. The molecule has 2 aromatic heterocycles. The Hall–Kier alpha value is -4.21. The highest BCUT2D eigenvalue weighted by Gasteiger charge is 2.43. The van der Waals surface area contributed by atoms with Gasteiger partial charge in [0.15, 0.2) is 0 Å². The summed E-state index contributed by atoms with van der Waals surface area (Å²) in [5.74, 6) is -0.0396. The normalized spacial score (nSPS) is 15.9. The van der Waals surface area contributed by atoms with Gasteiger partial charge in [-0.15, -0.1) is 0 Å². The first-order valence-corrected chi connectivity index (χ1v) is 12.0. The lowest BCUT2D eigenvalue weighted by Gasteiger charge is -2.45. The summed E-state index contributed by atoms with van der Waals surface area (Å²) in [5.41, 5.74) is 9.98. The van der Waals surface area contributed by atoms with E-state index < -0.39 is 5.54 Å². The van der Waals surface area contributed by atoms with Crippen molar-refractivity contribution in [2.75, 3.05) is 18.0 Å². The van der Waals surface area contributed by atoms with Gasteiger partial charge < -0.3 is 20.5 Å². The number of aromatic nitrogens is 3. The van der Waals surface area contributed by atoms with Crippen LogP contribution in [0, 0.1) is 5.41 Å². The van der Waals surface area contributed by atoms with Crippen LogP contribution in [0.5, 0.6) is 0 Å². The molecule has 0 atom stereocenters. The number of aliphatic imine (C=N–C) groups is 1. The molecular formula is C26H32N8O2. The molecule has 0 aliphatic carbocycles. The fraction of sp³-hybridized carbons (Fsp3) is 0.346. The molecule has 4 rings (SSSR count). The number of hydrogen-bond donors (Lipinski definition) is 3. The number of nitrogens with zero attached hydrogens (tertiary/aromatic N) is 5. The van der Waals surface area contributed by atoms with Crippen LogP contribution in [-0.2, 0) is 16.1 Å². The second-order valence-corrected chi connectivity index (χ2v) is 9.34. The topological polar surface area (TPSA) is 136 Å². The van der Waals surface area contributed by atoms with E-state index in [9.17, 15) is 9.59 Å². The van der Waals surface area contributed by atoms with Crippen LogP contribution in [0.15, 0.2) is 47.7 Å². The number of hydrogen-bond acceptors (Lipinski definition) is 4. The van der Waals surface area contributed by atoms with Crippen LogP contribution in [0.3, 0.4) is 0 Å². The molecule has 1 aromatic carbocycles. The highest BCUT2D eigenvalue weighted by molar-refractivity contribution is 6.06. The Kier molecular flexibility index (Phi) is 6.78. The third kappa shape index (κ3) is 4.53. The zero-order chi connectivity index (χ0) is 26.0. The third-order valence-corrected chi connectivity index (χ3v) is 6.51. The number of aryl methyl sites for hydroxylation is 1. The van der Waals surface area contributed by atoms with Crippen molar-refractivity contribution in [3.8, 4) is 22.4 Å². The number of nitrogens with one attached hydrogen (secondary N) is 2. The van der Waals surface area contributed by atoms with Crippen LogP contribution in [0.2, 0.25) is 0 Å². The van der Waals surface area contributed by atoms with Gasteiger partial charge in [0.1, 0.15) is 17.7 Å². The van der Waals surface area contributed by atoms with Gasteiger partial charge in [-0.05, 0) is 38.5 Å². The van der Waals surface area contributed by atoms with Gasteiger partial charge in [0.2, 0.25) is 5.91 Å². The molecule has 36 heavy (non-hydrogen) atoms. The Labute approximate surface area is 210 Å². The van der Waals surface area contributed by atoms with Crippen molar-refractivity contribution in [1.29, 1.82) is 5.41 Å². The molecule has 0 saturated carbocycles. The first kappa shape index (κ1) is 24.9. The molecule has 0 bridgehead atoms. The lowest BCUT2D eigenvalue weighted by molar-refractivity contribution is -0.145. The number of piperazine rings is 1. The van der Waals surface area contributed by atoms with Crippen LogP contribution in [0.25, 0.3) is 22.4 Å². The van der Waals surface area contributed by atoms with Crippen LogP contribution in [0.1, 0.15) is 39.8 Å². The molecule has 0 unspecified atom stereocenters. The van der Waals surface area contributed by atoms with Gasteiger partial charge in [0.05, 0.1) is 11.9 Å². The van der Waals surface area contributed by atoms with Crippen molar-refractivity contribution < 1.29 is 9.59 Å². The Balaban J connectivity index is 1.73. The van der Waals surface area contributed by atoms with E-state index in [1.807, 2.05) is 41.2 Å². The lowest BCUT2D eigenvalue weighted by Crippen LogP contribution is -2.64. The Morgan fingerprint density at radius 1 is 1.28 bits per heavy atom. The summed E-state index contributed by atoms with van der Waals surface area (Å²) in [6, 6.07) is 9.67. The predicted octanol–water partition coefficient (Wildman–Crippen LogP) is 3.24. The monoisotopic (exact) mass is 488 g/mol. The number of nitrogens with two attached hydrogens (primary N) is 1. The second kappa shape index (κ2) is 9.80. The van der Waals surface area contributed by atoms with Crippen LogP contribution < -0.4 is 10.6 Å². The van der Waals surface area contributed by atoms with E-state index in [1.165, 1.54) is 6.92 Å². The minimum atomic E-state index is -0.927. The summed E-state index contributed by atoms with van der Waals surface area (Å²) in [5, 5.41) is 11.8. The van der Waals surface area contributed by atoms with E-state index in [0.29, 0.717) is 18.8 Å². The van der Waals surface area contributed by atoms with Crippen LogP contribution in [-0.4, -0.2) is 62.3 Å². The number of anilines is 1. The summed E-state index contributed by atoms with van der Waals surface area (Å²) >= 11 is 0. The molecular weight excluding hydrogens is 456 g/mol. The van der Waals surface area contributed by atoms with Crippen molar-refractivity contribution in [2.24, 2.45) is 10.7 Å². The van der Waals surface area contributed by atoms with E-state index in [4.69, 9.17) is 11.1 Å². The summed E-state index contributed by atoms with van der Waals surface area (Å²) < 4.78 is 1.88. The van der Waals surface area contributed by atoms with E-state index in [-0.39, 0.29) is 17.6 Å². The number of amidine groups is 1. The molecule has 0 spiro atoms. The molecule has 1 saturated heterocycles. The molecule has 3 aromatic rings. The number of H-pyrrole nitrogens is 1. The number of amides is 2. The van der Waals surface area contributed by atoms with Gasteiger partial charge in [0.25, 0.3) is 5.91 Å². The van der Waals surface area contributed by atoms with Crippen molar-refractivity contribution in [1.82, 2.24) is 19.7 Å². The van der Waals surface area contributed by atoms with E-state index in [1.54, 1.807) is 29.8 Å². The third-order valence-electron chi connectivity index (χ3n) is 6.51. The Bertz CT molecular complexity index is 1330. The van der Waals surface area contributed by atoms with Gasteiger partial charge in [-0.3, -0.25) is 19.7 Å². The van der Waals surface area contributed by atoms with Gasteiger partial charge in [-0.25, -0.2) is 4.99 Å². The van der Waals surface area contributed by atoms with Crippen LogP contribution >= 0.6 is 0 Å². The molecule has 0 radical (unpaired) electrons. The Morgan fingerprint density at radius 2 is 2.06 bits per heavy atom. The van der Waals surface area contributed by atoms with E-state index >= 15 is 0 Å². The average molecular weight is 489 g/mol. The molecule has 4 N–H and O–H groups in total. The summed E-state index contributed by atoms with van der Waals surface area (Å²) in [6.45, 7) is 8.83. The number of carbonyl (C=O) groups excluding carboxylic acids is 2. The van der Waals surface area contributed by atoms with Gasteiger partial charge in [0, 0.05) is 60.8 Å². The standard InChI is InChI=1S/C26H32N8O2/c1-5-9-32-15-19(14-30-32)21-13-22(31-23(21)24(28)29-16-27)18-7-6-8-20(12-18)33-10-11-34(17(2)35)26(3,4)25(33)36/h6-8,12-16,31H,5,9-11H2,1-4H3,(H3,27,28,29). The summed E-state index contributed by atoms with van der Waals surface area (Å²) in [4.78, 5) is 36.0. The maximum Gasteiger partial charge on any atom is 0.252 e. The molecule has 1 aliphatic heterocycles. The second-order valence-electron chi connectivity index (χ2n) is 9.34. The van der Waals surface area contributed by atoms with Crippen molar-refractivity contribution >= 4 is 29.7 Å². The smallest absolute Gasteiger partial charge is 0.252 e. The molecule has 10 heteroatoms. The SMILES string of the molecule is CCCn1cc(-c2cc(-c3cccc(N4CCN(C(C)=O)C(C)(C)C4=O)c3)[nH]c2/C(N)=N\C=N)cn1. The van der Waals surface area contributed by atoms with Crippen LogP contribution in [0.4, 0.5) is 5.69 Å². The van der Waals surface area contributed by atoms with Crippen molar-refractivity contribution in [3.63, 3.8) is 0 Å². The number of aromatic amines is 1. The molecule has 2 amide bonds. The van der Waals surface area contributed by atoms with Gasteiger partial charge in [-0.2, -0.15) is 5.10 Å². The maximum absolute atomic E-state index is 13.3. The molecule has 1 fully saturated rings. The highest BCUT2D eigenvalue weighted by Crippen LogP contribution is 2.33. The van der Waals surface area contributed by atoms with E-state index in [2.05, 4.69) is 22.0 Å². The number of benzene rings is 1. The zero-order valence-corrected chi connectivity index (χ0v) is 21.1. The van der Waals surface area contributed by atoms with E-state index in [0.717, 1.165) is 47.4 Å². The van der Waals surface area contributed by atoms with Crippen molar-refractivity contribution in [2.45, 2.75) is 46.2 Å². The minimum absolute atomic E-state index is 0.111. The quantitative estimate of drug-likeness (QED) is 0.347. The fourth-order valence-corrected chi connectivity index (χ4v) is 4.69. The zero-order valence-electron chi connectivity index (χ0n) is 21.1. The minimum Gasteiger partial charge on any atom is -0.382 e. The molecule has 1 aliphatic rings. The first-order valence-electron chi connectivity index (χ1n) is 12.0. The first-order chi connectivity index (χ1) is 17.2. The largest absolute Gasteiger partial charge is 0.382 e. The maximum atomic E-state index is 13.3. The average Bonchev–Trinajstić information content (AvgIpc) is 3.48. The molecule has 10 nitrogen and oxygen atoms in total. The summed E-state index contributed by atoms with van der Waals surface area (Å²) in [7, 11) is 0. The molecule has 3 heterocycles. The number of carbonyl (C=O) groups is 2. The number of rotatable bonds is 7. The molecule has 188 valence electrons. The van der Waals surface area contributed by atoms with Gasteiger partial charge >= 0.3 is 0 Å². The van der Waals surface area contributed by atoms with Crippen molar-refractivity contribution in [3.05, 3.63) is 48.4 Å². The lowest BCUT2D eigenvalue weighted by atomic mass is 9.96. The fourth-order valence-electron chi connectivity index (χ4n) is 4.69. The highest BCUT2D eigenvalue weighted by atomic mass is 16.2. The Morgan fingerprint density at radius 3 is 2.75 bits per heavy atom. The van der Waals surface area contributed by atoms with Gasteiger partial charge in [-0.1, -0.05) is 19.1 Å². The predicted molar refractivity (Wildman–Crippen MR) is 141 cm³/mol.